The predicted molar refractivity (Wildman–Crippen MR) is 115 cm³/mol. The van der Waals surface area contributed by atoms with Crippen molar-refractivity contribution in [3.63, 3.8) is 0 Å². The number of nitrogens with zero attached hydrogens (tertiary/aromatic N) is 2. The van der Waals surface area contributed by atoms with Crippen LogP contribution < -0.4 is 5.32 Å². The van der Waals surface area contributed by atoms with Crippen molar-refractivity contribution >= 4 is 15.9 Å². The molecule has 0 aliphatic carbocycles. The van der Waals surface area contributed by atoms with Crippen molar-refractivity contribution in [2.45, 2.75) is 25.0 Å². The molecular formula is C22H29N3O4S. The highest BCUT2D eigenvalue weighted by Gasteiger charge is 2.28. The van der Waals surface area contributed by atoms with Crippen LogP contribution in [0.25, 0.3) is 0 Å². The highest BCUT2D eigenvalue weighted by molar-refractivity contribution is 7.89. The van der Waals surface area contributed by atoms with Gasteiger partial charge in [-0.15, -0.1) is 0 Å². The normalized spacial score (nSPS) is 15.8. The van der Waals surface area contributed by atoms with Crippen LogP contribution in [0.15, 0.2) is 53.4 Å². The summed E-state index contributed by atoms with van der Waals surface area (Å²) < 4.78 is 32.2. The summed E-state index contributed by atoms with van der Waals surface area (Å²) in [5, 5.41) is 2.93. The van der Waals surface area contributed by atoms with Crippen molar-refractivity contribution in [2.24, 2.45) is 0 Å². The van der Waals surface area contributed by atoms with Gasteiger partial charge in [0.05, 0.1) is 18.0 Å². The van der Waals surface area contributed by atoms with Crippen LogP contribution in [-0.2, 0) is 32.7 Å². The molecule has 0 saturated carbocycles. The van der Waals surface area contributed by atoms with Gasteiger partial charge in [-0.25, -0.2) is 8.42 Å². The summed E-state index contributed by atoms with van der Waals surface area (Å²) >= 11 is 0. The Balaban J connectivity index is 1.46. The van der Waals surface area contributed by atoms with Crippen molar-refractivity contribution in [3.8, 4) is 0 Å². The van der Waals surface area contributed by atoms with Gasteiger partial charge in [-0.1, -0.05) is 42.0 Å². The summed E-state index contributed by atoms with van der Waals surface area (Å²) in [6.45, 7) is 5.00. The van der Waals surface area contributed by atoms with Gasteiger partial charge in [0, 0.05) is 39.8 Å². The lowest BCUT2D eigenvalue weighted by molar-refractivity contribution is -0.122. The predicted octanol–water partition coefficient (Wildman–Crippen LogP) is 1.76. The molecule has 162 valence electrons. The molecule has 1 saturated heterocycles. The van der Waals surface area contributed by atoms with Gasteiger partial charge >= 0.3 is 0 Å². The third kappa shape index (κ3) is 5.89. The Hall–Kier alpha value is -2.26. The van der Waals surface area contributed by atoms with E-state index < -0.39 is 10.0 Å². The molecule has 7 nitrogen and oxygen atoms in total. The minimum Gasteiger partial charge on any atom is -0.380 e. The second kappa shape index (κ2) is 10.2. The number of amides is 1. The first-order valence-corrected chi connectivity index (χ1v) is 11.4. The van der Waals surface area contributed by atoms with Gasteiger partial charge in [0.2, 0.25) is 15.9 Å². The fourth-order valence-corrected chi connectivity index (χ4v) is 4.87. The molecule has 1 aliphatic rings. The van der Waals surface area contributed by atoms with E-state index in [1.54, 1.807) is 31.4 Å². The van der Waals surface area contributed by atoms with E-state index >= 15 is 0 Å². The monoisotopic (exact) mass is 431 g/mol. The number of carbonyl (C=O) groups excluding carboxylic acids is 1. The van der Waals surface area contributed by atoms with E-state index in [-0.39, 0.29) is 12.5 Å². The Labute approximate surface area is 178 Å². The van der Waals surface area contributed by atoms with Crippen LogP contribution in [0.3, 0.4) is 0 Å². The SMILES string of the molecule is COCc1cccc(CNC(=O)CN2CCN(S(=O)(=O)c3ccc(C)cc3)CC2)c1. The molecule has 0 unspecified atom stereocenters. The van der Waals surface area contributed by atoms with Crippen molar-refractivity contribution in [1.29, 1.82) is 0 Å². The number of aryl methyl sites for hydroxylation is 1. The maximum atomic E-state index is 12.8. The Morgan fingerprint density at radius 3 is 2.37 bits per heavy atom. The fraction of sp³-hybridized carbons (Fsp3) is 0.409. The van der Waals surface area contributed by atoms with Crippen LogP contribution in [-0.4, -0.2) is 63.4 Å². The number of benzene rings is 2. The van der Waals surface area contributed by atoms with E-state index in [4.69, 9.17) is 4.74 Å². The number of piperazine rings is 1. The summed E-state index contributed by atoms with van der Waals surface area (Å²) in [5.74, 6) is -0.0676. The molecule has 0 bridgehead atoms. The van der Waals surface area contributed by atoms with E-state index in [0.29, 0.717) is 44.2 Å². The van der Waals surface area contributed by atoms with Crippen LogP contribution in [0.1, 0.15) is 16.7 Å². The molecule has 1 heterocycles. The summed E-state index contributed by atoms with van der Waals surface area (Å²) in [6, 6.07) is 14.8. The van der Waals surface area contributed by atoms with Gasteiger partial charge in [0.25, 0.3) is 0 Å². The number of ether oxygens (including phenoxy) is 1. The van der Waals surface area contributed by atoms with Crippen molar-refractivity contribution < 1.29 is 17.9 Å². The van der Waals surface area contributed by atoms with Gasteiger partial charge in [0.15, 0.2) is 0 Å². The zero-order valence-corrected chi connectivity index (χ0v) is 18.3. The molecule has 1 fully saturated rings. The number of rotatable bonds is 8. The molecule has 2 aromatic rings. The van der Waals surface area contributed by atoms with Gasteiger partial charge in [-0.2, -0.15) is 4.31 Å². The average Bonchev–Trinajstić information content (AvgIpc) is 2.74. The molecule has 3 rings (SSSR count). The number of carbonyl (C=O) groups is 1. The van der Waals surface area contributed by atoms with Crippen molar-refractivity contribution in [3.05, 3.63) is 65.2 Å². The first-order chi connectivity index (χ1) is 14.4. The third-order valence-corrected chi connectivity index (χ3v) is 7.06. The fourth-order valence-electron chi connectivity index (χ4n) is 3.44. The smallest absolute Gasteiger partial charge is 0.243 e. The molecule has 1 aliphatic heterocycles. The highest BCUT2D eigenvalue weighted by atomic mass is 32.2. The standard InChI is InChI=1S/C22H29N3O4S/c1-18-6-8-21(9-7-18)30(27,28)25-12-10-24(11-13-25)16-22(26)23-15-19-4-3-5-20(14-19)17-29-2/h3-9,14H,10-13,15-17H2,1-2H3,(H,23,26). The lowest BCUT2D eigenvalue weighted by Crippen LogP contribution is -2.50. The molecule has 0 spiro atoms. The average molecular weight is 432 g/mol. The van der Waals surface area contributed by atoms with Crippen LogP contribution in [0.4, 0.5) is 0 Å². The molecule has 0 radical (unpaired) electrons. The first kappa shape index (κ1) is 22.4. The van der Waals surface area contributed by atoms with Gasteiger partial charge in [0.1, 0.15) is 0 Å². The van der Waals surface area contributed by atoms with E-state index in [1.807, 2.05) is 36.1 Å². The summed E-state index contributed by atoms with van der Waals surface area (Å²) in [6.07, 6.45) is 0. The Morgan fingerprint density at radius 2 is 1.70 bits per heavy atom. The molecule has 2 aromatic carbocycles. The molecule has 30 heavy (non-hydrogen) atoms. The number of hydrogen-bond acceptors (Lipinski definition) is 5. The maximum absolute atomic E-state index is 12.8. The number of hydrogen-bond donors (Lipinski definition) is 1. The molecule has 1 amide bonds. The second-order valence-corrected chi connectivity index (χ2v) is 9.46. The van der Waals surface area contributed by atoms with Gasteiger partial charge in [-0.3, -0.25) is 9.69 Å². The number of methoxy groups -OCH3 is 1. The van der Waals surface area contributed by atoms with Crippen LogP contribution in [0.2, 0.25) is 0 Å². The Kier molecular flexibility index (Phi) is 7.60. The molecular weight excluding hydrogens is 402 g/mol. The highest BCUT2D eigenvalue weighted by Crippen LogP contribution is 2.18. The summed E-state index contributed by atoms with van der Waals surface area (Å²) in [4.78, 5) is 14.6. The summed E-state index contributed by atoms with van der Waals surface area (Å²) in [5.41, 5.74) is 3.11. The zero-order chi connectivity index (χ0) is 21.6. The van der Waals surface area contributed by atoms with E-state index in [2.05, 4.69) is 5.32 Å². The molecule has 8 heteroatoms. The Bertz CT molecular complexity index is 953. The number of sulfonamides is 1. The van der Waals surface area contributed by atoms with Crippen LogP contribution in [0, 0.1) is 6.92 Å². The second-order valence-electron chi connectivity index (χ2n) is 7.52. The topological polar surface area (TPSA) is 79.0 Å². The van der Waals surface area contributed by atoms with Gasteiger partial charge in [-0.05, 0) is 30.2 Å². The van der Waals surface area contributed by atoms with E-state index in [9.17, 15) is 13.2 Å². The lowest BCUT2D eigenvalue weighted by atomic mass is 10.1. The lowest BCUT2D eigenvalue weighted by Gasteiger charge is -2.33. The minimum atomic E-state index is -3.49. The zero-order valence-electron chi connectivity index (χ0n) is 17.5. The molecule has 1 N–H and O–H groups in total. The molecule has 0 aromatic heterocycles. The summed E-state index contributed by atoms with van der Waals surface area (Å²) in [7, 11) is -1.84. The van der Waals surface area contributed by atoms with Crippen molar-refractivity contribution in [1.82, 2.24) is 14.5 Å². The Morgan fingerprint density at radius 1 is 1.03 bits per heavy atom. The van der Waals surface area contributed by atoms with Crippen molar-refractivity contribution in [2.75, 3.05) is 39.8 Å². The largest absolute Gasteiger partial charge is 0.380 e. The first-order valence-electron chi connectivity index (χ1n) is 10.0. The van der Waals surface area contributed by atoms with E-state index in [0.717, 1.165) is 16.7 Å². The number of nitrogens with one attached hydrogen (secondary N) is 1. The van der Waals surface area contributed by atoms with Crippen LogP contribution >= 0.6 is 0 Å². The minimum absolute atomic E-state index is 0.0676. The third-order valence-electron chi connectivity index (χ3n) is 5.15. The quantitative estimate of drug-likeness (QED) is 0.689. The van der Waals surface area contributed by atoms with Crippen LogP contribution in [0.5, 0.6) is 0 Å². The maximum Gasteiger partial charge on any atom is 0.243 e. The van der Waals surface area contributed by atoms with Gasteiger partial charge < -0.3 is 10.1 Å². The molecule has 0 atom stereocenters. The van der Waals surface area contributed by atoms with E-state index in [1.165, 1.54) is 4.31 Å².